The summed E-state index contributed by atoms with van der Waals surface area (Å²) in [7, 11) is 0. The van der Waals surface area contributed by atoms with E-state index in [1.165, 1.54) is 0 Å². The van der Waals surface area contributed by atoms with Crippen LogP contribution in [-0.2, 0) is 9.59 Å². The number of piperidine rings is 1. The highest BCUT2D eigenvalue weighted by Crippen LogP contribution is 2.20. The quantitative estimate of drug-likeness (QED) is 0.733. The maximum absolute atomic E-state index is 12.4. The second-order valence-corrected chi connectivity index (χ2v) is 6.54. The van der Waals surface area contributed by atoms with Gasteiger partial charge in [0.1, 0.15) is 5.82 Å². The minimum atomic E-state index is -0.482. The van der Waals surface area contributed by atoms with Crippen molar-refractivity contribution in [2.45, 2.75) is 39.7 Å². The third-order valence-corrected chi connectivity index (χ3v) is 4.56. The molecule has 1 aliphatic rings. The number of amides is 4. The molecule has 3 N–H and O–H groups in total. The van der Waals surface area contributed by atoms with Crippen molar-refractivity contribution >= 4 is 23.7 Å². The van der Waals surface area contributed by atoms with Gasteiger partial charge in [0.25, 0.3) is 0 Å². The van der Waals surface area contributed by atoms with Gasteiger partial charge in [-0.25, -0.2) is 9.78 Å². The lowest BCUT2D eigenvalue weighted by atomic mass is 9.95. The highest BCUT2D eigenvalue weighted by atomic mass is 16.2. The van der Waals surface area contributed by atoms with Crippen LogP contribution in [0, 0.1) is 12.8 Å². The molecule has 0 radical (unpaired) electrons. The molecular formula is C18H27N5O3. The first-order chi connectivity index (χ1) is 12.4. The Kier molecular flexibility index (Phi) is 7.08. The van der Waals surface area contributed by atoms with E-state index in [9.17, 15) is 14.4 Å². The topological polar surface area (TPSA) is 103 Å². The fraction of sp³-hybridized carbons (Fsp3) is 0.556. The van der Waals surface area contributed by atoms with Gasteiger partial charge in [0.15, 0.2) is 0 Å². The minimum absolute atomic E-state index is 0.0413. The number of nitrogens with one attached hydrogen (secondary N) is 3. The van der Waals surface area contributed by atoms with Gasteiger partial charge >= 0.3 is 6.03 Å². The Bertz CT molecular complexity index is 639. The summed E-state index contributed by atoms with van der Waals surface area (Å²) in [5.74, 6) is 0.0776. The predicted octanol–water partition coefficient (Wildman–Crippen LogP) is 1.27. The first-order valence-corrected chi connectivity index (χ1v) is 8.97. The Morgan fingerprint density at radius 3 is 2.54 bits per heavy atom. The third kappa shape index (κ3) is 5.52. The third-order valence-electron chi connectivity index (χ3n) is 4.56. The van der Waals surface area contributed by atoms with Gasteiger partial charge in [0, 0.05) is 18.7 Å². The zero-order chi connectivity index (χ0) is 19.1. The number of pyridine rings is 1. The highest BCUT2D eigenvalue weighted by molar-refractivity contribution is 5.96. The van der Waals surface area contributed by atoms with Gasteiger partial charge in [0.2, 0.25) is 11.8 Å². The molecule has 142 valence electrons. The van der Waals surface area contributed by atoms with E-state index in [4.69, 9.17) is 0 Å². The molecule has 2 heterocycles. The molecule has 1 saturated heterocycles. The fourth-order valence-electron chi connectivity index (χ4n) is 2.91. The van der Waals surface area contributed by atoms with Crippen LogP contribution in [0.5, 0.6) is 0 Å². The average Bonchev–Trinajstić information content (AvgIpc) is 2.63. The number of carbonyl (C=O) groups is 3. The first kappa shape index (κ1) is 19.8. The molecule has 1 aromatic heterocycles. The van der Waals surface area contributed by atoms with E-state index in [1.54, 1.807) is 26.1 Å². The zero-order valence-corrected chi connectivity index (χ0v) is 15.5. The highest BCUT2D eigenvalue weighted by Gasteiger charge is 2.30. The molecule has 8 nitrogen and oxygen atoms in total. The van der Waals surface area contributed by atoms with Gasteiger partial charge in [-0.05, 0) is 58.3 Å². The Labute approximate surface area is 153 Å². The van der Waals surface area contributed by atoms with E-state index in [1.807, 2.05) is 17.9 Å². The summed E-state index contributed by atoms with van der Waals surface area (Å²) in [5.41, 5.74) is 1.04. The molecule has 0 bridgehead atoms. The smallest absolute Gasteiger partial charge is 0.321 e. The lowest BCUT2D eigenvalue weighted by Gasteiger charge is -2.34. The van der Waals surface area contributed by atoms with Crippen LogP contribution in [0.1, 0.15) is 32.3 Å². The van der Waals surface area contributed by atoms with Crippen LogP contribution >= 0.6 is 0 Å². The summed E-state index contributed by atoms with van der Waals surface area (Å²) in [6.07, 6.45) is 3.04. The van der Waals surface area contributed by atoms with Crippen molar-refractivity contribution in [2.75, 3.05) is 25.0 Å². The molecule has 1 aromatic rings. The number of hydrogen-bond acceptors (Lipinski definition) is 5. The standard InChI is InChI=1S/C18H27N5O3/c1-4-19-18(26)22-16(24)13(3)23-9-7-14(8-10-23)17(25)21-15-6-5-12(2)11-20-15/h5-6,11,13-14H,4,7-10H2,1-3H3,(H,20,21,25)(H2,19,22,24,26)/t13-/m1/s1. The summed E-state index contributed by atoms with van der Waals surface area (Å²) < 4.78 is 0. The van der Waals surface area contributed by atoms with Crippen LogP contribution in [0.4, 0.5) is 10.6 Å². The molecule has 26 heavy (non-hydrogen) atoms. The molecule has 0 spiro atoms. The SMILES string of the molecule is CCNC(=O)NC(=O)[C@@H](C)N1CCC(C(=O)Nc2ccc(C)cn2)CC1. The van der Waals surface area contributed by atoms with Crippen LogP contribution in [0.25, 0.3) is 0 Å². The minimum Gasteiger partial charge on any atom is -0.338 e. The number of imide groups is 1. The molecule has 0 unspecified atom stereocenters. The van der Waals surface area contributed by atoms with Crippen LogP contribution in [0.3, 0.4) is 0 Å². The predicted molar refractivity (Wildman–Crippen MR) is 98.6 cm³/mol. The zero-order valence-electron chi connectivity index (χ0n) is 15.5. The number of aryl methyl sites for hydroxylation is 1. The van der Waals surface area contributed by atoms with Crippen LogP contribution in [-0.4, -0.2) is 53.4 Å². The number of likely N-dealkylation sites (tertiary alicyclic amines) is 1. The molecule has 0 aliphatic carbocycles. The van der Waals surface area contributed by atoms with E-state index >= 15 is 0 Å². The molecular weight excluding hydrogens is 334 g/mol. The first-order valence-electron chi connectivity index (χ1n) is 8.97. The van der Waals surface area contributed by atoms with Gasteiger partial charge in [-0.1, -0.05) is 6.07 Å². The van der Waals surface area contributed by atoms with Crippen molar-refractivity contribution in [3.05, 3.63) is 23.9 Å². The van der Waals surface area contributed by atoms with Crippen molar-refractivity contribution < 1.29 is 14.4 Å². The molecule has 0 aromatic carbocycles. The van der Waals surface area contributed by atoms with Gasteiger partial charge in [0.05, 0.1) is 6.04 Å². The van der Waals surface area contributed by atoms with Crippen molar-refractivity contribution in [1.82, 2.24) is 20.5 Å². The lowest BCUT2D eigenvalue weighted by molar-refractivity contribution is -0.126. The van der Waals surface area contributed by atoms with E-state index in [2.05, 4.69) is 20.9 Å². The molecule has 8 heteroatoms. The fourth-order valence-corrected chi connectivity index (χ4v) is 2.91. The molecule has 1 fully saturated rings. The Hall–Kier alpha value is -2.48. The Morgan fingerprint density at radius 1 is 1.27 bits per heavy atom. The molecule has 4 amide bonds. The molecule has 2 rings (SSSR count). The second kappa shape index (κ2) is 9.28. The van der Waals surface area contributed by atoms with E-state index in [-0.39, 0.29) is 17.7 Å². The van der Waals surface area contributed by atoms with Crippen molar-refractivity contribution in [3.8, 4) is 0 Å². The van der Waals surface area contributed by atoms with Crippen LogP contribution in [0.15, 0.2) is 18.3 Å². The van der Waals surface area contributed by atoms with Crippen molar-refractivity contribution in [3.63, 3.8) is 0 Å². The van der Waals surface area contributed by atoms with Crippen LogP contribution < -0.4 is 16.0 Å². The number of nitrogens with zero attached hydrogens (tertiary/aromatic N) is 2. The number of anilines is 1. The largest absolute Gasteiger partial charge is 0.338 e. The van der Waals surface area contributed by atoms with Crippen LogP contribution in [0.2, 0.25) is 0 Å². The normalized spacial score (nSPS) is 16.6. The lowest BCUT2D eigenvalue weighted by Crippen LogP contribution is -2.52. The summed E-state index contributed by atoms with van der Waals surface area (Å²) in [6.45, 7) is 7.22. The van der Waals surface area contributed by atoms with Gasteiger partial charge < -0.3 is 10.6 Å². The van der Waals surface area contributed by atoms with Gasteiger partial charge in [-0.15, -0.1) is 0 Å². The number of hydrogen-bond donors (Lipinski definition) is 3. The number of urea groups is 1. The maximum atomic E-state index is 12.4. The van der Waals surface area contributed by atoms with Crippen molar-refractivity contribution in [2.24, 2.45) is 5.92 Å². The number of aromatic nitrogens is 1. The average molecular weight is 361 g/mol. The molecule has 0 saturated carbocycles. The van der Waals surface area contributed by atoms with Gasteiger partial charge in [-0.2, -0.15) is 0 Å². The molecule has 1 atom stereocenters. The van der Waals surface area contributed by atoms with Gasteiger partial charge in [-0.3, -0.25) is 19.8 Å². The summed E-state index contributed by atoms with van der Waals surface area (Å²) in [5, 5.41) is 7.71. The summed E-state index contributed by atoms with van der Waals surface area (Å²) in [6, 6.07) is 2.79. The Morgan fingerprint density at radius 2 is 1.96 bits per heavy atom. The molecule has 1 aliphatic heterocycles. The van der Waals surface area contributed by atoms with E-state index < -0.39 is 12.1 Å². The summed E-state index contributed by atoms with van der Waals surface area (Å²) >= 11 is 0. The van der Waals surface area contributed by atoms with Crippen molar-refractivity contribution in [1.29, 1.82) is 0 Å². The van der Waals surface area contributed by atoms with E-state index in [0.29, 0.717) is 38.3 Å². The van der Waals surface area contributed by atoms with E-state index in [0.717, 1.165) is 5.56 Å². The monoisotopic (exact) mass is 361 g/mol. The summed E-state index contributed by atoms with van der Waals surface area (Å²) in [4.78, 5) is 42.1. The Balaban J connectivity index is 1.80. The number of rotatable bonds is 5. The maximum Gasteiger partial charge on any atom is 0.321 e. The second-order valence-electron chi connectivity index (χ2n) is 6.54. The number of carbonyl (C=O) groups excluding carboxylic acids is 3.